The maximum Gasteiger partial charge on any atom is 0.259 e. The molecule has 3 rings (SSSR count). The van der Waals surface area contributed by atoms with Crippen LogP contribution in [0.4, 0.5) is 5.69 Å². The fraction of sp³-hybridized carbons (Fsp3) is 0.273. The molecule has 2 aromatic rings. The quantitative estimate of drug-likeness (QED) is 0.473. The van der Waals surface area contributed by atoms with Gasteiger partial charge in [-0.3, -0.25) is 9.59 Å². The molecular weight excluding hydrogens is 324 g/mol. The van der Waals surface area contributed by atoms with Gasteiger partial charge in [-0.1, -0.05) is 24.3 Å². The molecule has 1 saturated carbocycles. The number of anilines is 1. The van der Waals surface area contributed by atoms with E-state index in [-0.39, 0.29) is 16.9 Å². The van der Waals surface area contributed by atoms with Gasteiger partial charge in [0, 0.05) is 11.4 Å². The van der Waals surface area contributed by atoms with Gasteiger partial charge in [0.2, 0.25) is 0 Å². The molecule has 1 aromatic heterocycles. The first-order valence-electron chi connectivity index (χ1n) is 8.90. The minimum Gasteiger partial charge on any atom is -0.399 e. The number of carbonyl (C=O) groups excluding carboxylic acids is 1. The summed E-state index contributed by atoms with van der Waals surface area (Å²) in [5.74, 6) is 0.210. The Balaban J connectivity index is 2.23. The van der Waals surface area contributed by atoms with Gasteiger partial charge in [-0.15, -0.1) is 0 Å². The molecular formula is C22H24N2O2. The maximum absolute atomic E-state index is 12.4. The molecule has 0 saturated heterocycles. The first-order chi connectivity index (χ1) is 12.4. The number of aromatic nitrogens is 1. The Bertz CT molecular complexity index is 959. The average Bonchev–Trinajstić information content (AvgIpc) is 3.44. The lowest BCUT2D eigenvalue weighted by Gasteiger charge is -2.15. The number of nitrogens with one attached hydrogen (secondary N) is 1. The van der Waals surface area contributed by atoms with E-state index < -0.39 is 0 Å². The van der Waals surface area contributed by atoms with Gasteiger partial charge in [-0.05, 0) is 80.0 Å². The van der Waals surface area contributed by atoms with Crippen molar-refractivity contribution >= 4 is 22.6 Å². The molecule has 0 spiro atoms. The summed E-state index contributed by atoms with van der Waals surface area (Å²) in [5, 5.41) is 0. The predicted molar refractivity (Wildman–Crippen MR) is 107 cm³/mol. The van der Waals surface area contributed by atoms with Gasteiger partial charge in [-0.2, -0.15) is 0 Å². The molecule has 0 bridgehead atoms. The van der Waals surface area contributed by atoms with E-state index >= 15 is 0 Å². The van der Waals surface area contributed by atoms with Crippen LogP contribution in [0.15, 0.2) is 47.3 Å². The number of rotatable bonds is 5. The van der Waals surface area contributed by atoms with Gasteiger partial charge in [0.05, 0.1) is 5.56 Å². The van der Waals surface area contributed by atoms with Crippen molar-refractivity contribution in [3.8, 4) is 0 Å². The molecule has 0 amide bonds. The molecule has 1 fully saturated rings. The molecule has 0 unspecified atom stereocenters. The van der Waals surface area contributed by atoms with Crippen LogP contribution in [0.3, 0.4) is 0 Å². The smallest absolute Gasteiger partial charge is 0.259 e. The van der Waals surface area contributed by atoms with Crippen LogP contribution in [-0.4, -0.2) is 10.8 Å². The van der Waals surface area contributed by atoms with E-state index in [2.05, 4.69) is 4.98 Å². The number of ketones is 1. The Labute approximate surface area is 153 Å². The number of aromatic amines is 1. The number of carbonyl (C=O) groups is 1. The Hall–Kier alpha value is -2.88. The summed E-state index contributed by atoms with van der Waals surface area (Å²) >= 11 is 0. The number of pyridine rings is 1. The third kappa shape index (κ3) is 3.54. The molecule has 1 heterocycles. The minimum atomic E-state index is -0.326. The molecule has 0 radical (unpaired) electrons. The van der Waals surface area contributed by atoms with E-state index in [4.69, 9.17) is 5.73 Å². The van der Waals surface area contributed by atoms with Gasteiger partial charge in [-0.25, -0.2) is 0 Å². The number of allylic oxidation sites excluding steroid dienone is 4. The summed E-state index contributed by atoms with van der Waals surface area (Å²) in [7, 11) is 0. The normalized spacial score (nSPS) is 15.2. The zero-order valence-electron chi connectivity index (χ0n) is 15.4. The van der Waals surface area contributed by atoms with Crippen LogP contribution in [0.2, 0.25) is 0 Å². The van der Waals surface area contributed by atoms with Gasteiger partial charge in [0.1, 0.15) is 0 Å². The number of H-pyrrole nitrogens is 1. The summed E-state index contributed by atoms with van der Waals surface area (Å²) in [4.78, 5) is 27.2. The lowest BCUT2D eigenvalue weighted by atomic mass is 9.93. The number of nitrogens with two attached hydrogens (primary N) is 1. The molecule has 1 aromatic carbocycles. The summed E-state index contributed by atoms with van der Waals surface area (Å²) in [5.41, 5.74) is 11.4. The van der Waals surface area contributed by atoms with Gasteiger partial charge >= 0.3 is 0 Å². The summed E-state index contributed by atoms with van der Waals surface area (Å²) in [6.45, 7) is 5.41. The van der Waals surface area contributed by atoms with E-state index in [9.17, 15) is 9.59 Å². The van der Waals surface area contributed by atoms with E-state index in [1.807, 2.05) is 50.3 Å². The van der Waals surface area contributed by atoms with Crippen molar-refractivity contribution in [2.45, 2.75) is 39.5 Å². The largest absolute Gasteiger partial charge is 0.399 e. The van der Waals surface area contributed by atoms with Crippen molar-refractivity contribution < 1.29 is 4.79 Å². The van der Waals surface area contributed by atoms with Crippen molar-refractivity contribution in [1.82, 2.24) is 4.98 Å². The Morgan fingerprint density at radius 2 is 1.85 bits per heavy atom. The first kappa shape index (κ1) is 17.9. The average molecular weight is 348 g/mol. The van der Waals surface area contributed by atoms with Crippen LogP contribution in [0.1, 0.15) is 66.7 Å². The lowest BCUT2D eigenvalue weighted by molar-refractivity contribution is 0.101. The van der Waals surface area contributed by atoms with E-state index in [1.54, 1.807) is 6.07 Å². The maximum atomic E-state index is 12.4. The highest BCUT2D eigenvalue weighted by Gasteiger charge is 2.29. The highest BCUT2D eigenvalue weighted by Crippen LogP contribution is 2.43. The highest BCUT2D eigenvalue weighted by molar-refractivity contribution is 5.97. The summed E-state index contributed by atoms with van der Waals surface area (Å²) in [6, 6.07) is 9.49. The van der Waals surface area contributed by atoms with Crippen LogP contribution in [0, 0.1) is 0 Å². The minimum absolute atomic E-state index is 0.200. The molecule has 4 nitrogen and oxygen atoms in total. The van der Waals surface area contributed by atoms with Crippen molar-refractivity contribution in [1.29, 1.82) is 0 Å². The molecule has 1 aliphatic rings. The van der Waals surface area contributed by atoms with E-state index in [1.165, 1.54) is 6.92 Å². The van der Waals surface area contributed by atoms with E-state index in [0.29, 0.717) is 11.6 Å². The van der Waals surface area contributed by atoms with Crippen molar-refractivity contribution in [2.24, 2.45) is 0 Å². The van der Waals surface area contributed by atoms with Gasteiger partial charge in [0.25, 0.3) is 5.56 Å². The standard InChI is InChI=1S/C22H24N2O2/c1-4-5-18(15-8-10-17(23)11-9-15)13(2)21-20(16-6-7-16)12-19(14(3)25)22(26)24-21/h4-5,8-12,16H,6-7,23H2,1-3H3,(H,24,26)/b5-4-,18-13+. The van der Waals surface area contributed by atoms with Gasteiger partial charge in [0.15, 0.2) is 5.78 Å². The second kappa shape index (κ2) is 7.16. The molecule has 26 heavy (non-hydrogen) atoms. The van der Waals surface area contributed by atoms with Crippen molar-refractivity contribution in [3.63, 3.8) is 0 Å². The van der Waals surface area contributed by atoms with Crippen molar-refractivity contribution in [3.05, 3.63) is 75.2 Å². The third-order valence-corrected chi connectivity index (χ3v) is 4.80. The fourth-order valence-corrected chi connectivity index (χ4v) is 3.24. The zero-order valence-corrected chi connectivity index (χ0v) is 15.4. The number of hydrogen-bond acceptors (Lipinski definition) is 3. The zero-order chi connectivity index (χ0) is 18.8. The summed E-state index contributed by atoms with van der Waals surface area (Å²) < 4.78 is 0. The van der Waals surface area contributed by atoms with Crippen LogP contribution >= 0.6 is 0 Å². The number of benzene rings is 1. The molecule has 1 aliphatic carbocycles. The molecule has 4 heteroatoms. The highest BCUT2D eigenvalue weighted by atomic mass is 16.1. The second-order valence-corrected chi connectivity index (χ2v) is 6.83. The first-order valence-corrected chi connectivity index (χ1v) is 8.90. The molecule has 3 N–H and O–H groups in total. The van der Waals surface area contributed by atoms with Gasteiger partial charge < -0.3 is 10.7 Å². The Morgan fingerprint density at radius 1 is 1.19 bits per heavy atom. The van der Waals surface area contributed by atoms with Crippen LogP contribution in [-0.2, 0) is 0 Å². The van der Waals surface area contributed by atoms with Crippen molar-refractivity contribution in [2.75, 3.05) is 5.73 Å². The number of nitrogen functional groups attached to an aromatic ring is 1. The molecule has 134 valence electrons. The lowest BCUT2D eigenvalue weighted by Crippen LogP contribution is -2.19. The fourth-order valence-electron chi connectivity index (χ4n) is 3.24. The summed E-state index contributed by atoms with van der Waals surface area (Å²) in [6.07, 6.45) is 6.19. The van der Waals surface area contributed by atoms with E-state index in [0.717, 1.165) is 40.8 Å². The topological polar surface area (TPSA) is 76.0 Å². The molecule has 0 atom stereocenters. The second-order valence-electron chi connectivity index (χ2n) is 6.83. The monoisotopic (exact) mass is 348 g/mol. The molecule has 0 aliphatic heterocycles. The Morgan fingerprint density at radius 3 is 2.38 bits per heavy atom. The predicted octanol–water partition coefficient (Wildman–Crippen LogP) is 4.54. The third-order valence-electron chi connectivity index (χ3n) is 4.80. The van der Waals surface area contributed by atoms with Crippen LogP contribution in [0.25, 0.3) is 11.1 Å². The number of hydrogen-bond donors (Lipinski definition) is 2. The SMILES string of the molecule is C/C=C\C(=C(\C)c1[nH]c(=O)c(C(C)=O)cc1C1CC1)c1ccc(N)cc1. The Kier molecular flexibility index (Phi) is 4.94. The van der Waals surface area contributed by atoms with Crippen LogP contribution < -0.4 is 11.3 Å². The number of Topliss-reactive ketones (excluding diaryl/α,β-unsaturated/α-hetero) is 1. The van der Waals surface area contributed by atoms with Crippen LogP contribution in [0.5, 0.6) is 0 Å².